The Bertz CT molecular complexity index is 603. The van der Waals surface area contributed by atoms with E-state index in [-0.39, 0.29) is 12.1 Å². The predicted molar refractivity (Wildman–Crippen MR) is 84.2 cm³/mol. The van der Waals surface area contributed by atoms with Crippen molar-refractivity contribution in [3.05, 3.63) is 46.7 Å². The standard InChI is InChI=1S/C17H22N2O3/c1-5-12-6-8-13(9-7-12)15-14(16(20)22-10(2)3)11(4)18-17(21)19-15/h6-10,15H,5H2,1-4H3,(H2,18,19,21)/t15-/m0/s1. The van der Waals surface area contributed by atoms with Gasteiger partial charge in [0.05, 0.1) is 17.7 Å². The van der Waals surface area contributed by atoms with Crippen molar-refractivity contribution in [1.82, 2.24) is 10.6 Å². The van der Waals surface area contributed by atoms with Gasteiger partial charge < -0.3 is 15.4 Å². The van der Waals surface area contributed by atoms with Crippen LogP contribution < -0.4 is 10.6 Å². The molecule has 2 N–H and O–H groups in total. The van der Waals surface area contributed by atoms with Crippen LogP contribution in [0.5, 0.6) is 0 Å². The number of ether oxygens (including phenoxy) is 1. The topological polar surface area (TPSA) is 67.4 Å². The number of esters is 1. The summed E-state index contributed by atoms with van der Waals surface area (Å²) in [5, 5.41) is 5.43. The Balaban J connectivity index is 2.38. The summed E-state index contributed by atoms with van der Waals surface area (Å²) in [5.74, 6) is -0.412. The summed E-state index contributed by atoms with van der Waals surface area (Å²) >= 11 is 0. The molecule has 1 aromatic rings. The van der Waals surface area contributed by atoms with Gasteiger partial charge in [-0.25, -0.2) is 9.59 Å². The Labute approximate surface area is 130 Å². The highest BCUT2D eigenvalue weighted by atomic mass is 16.5. The zero-order chi connectivity index (χ0) is 16.3. The van der Waals surface area contributed by atoms with E-state index in [0.717, 1.165) is 12.0 Å². The van der Waals surface area contributed by atoms with Crippen LogP contribution in [-0.2, 0) is 16.0 Å². The number of allylic oxidation sites excluding steroid dienone is 1. The van der Waals surface area contributed by atoms with Crippen molar-refractivity contribution < 1.29 is 14.3 Å². The molecule has 0 aliphatic carbocycles. The monoisotopic (exact) mass is 302 g/mol. The van der Waals surface area contributed by atoms with Crippen LogP contribution in [0.15, 0.2) is 35.5 Å². The molecule has 0 radical (unpaired) electrons. The molecular formula is C17H22N2O3. The van der Waals surface area contributed by atoms with E-state index in [1.807, 2.05) is 24.3 Å². The van der Waals surface area contributed by atoms with Crippen LogP contribution in [0.3, 0.4) is 0 Å². The van der Waals surface area contributed by atoms with Crippen LogP contribution >= 0.6 is 0 Å². The van der Waals surface area contributed by atoms with E-state index in [1.165, 1.54) is 5.56 Å². The molecule has 5 heteroatoms. The Morgan fingerprint density at radius 3 is 2.45 bits per heavy atom. The van der Waals surface area contributed by atoms with Crippen LogP contribution in [0, 0.1) is 0 Å². The molecule has 22 heavy (non-hydrogen) atoms. The number of amides is 2. The van der Waals surface area contributed by atoms with Gasteiger partial charge in [-0.1, -0.05) is 31.2 Å². The fraction of sp³-hybridized carbons (Fsp3) is 0.412. The molecule has 0 spiro atoms. The van der Waals surface area contributed by atoms with Gasteiger partial charge in [0.15, 0.2) is 0 Å². The summed E-state index contributed by atoms with van der Waals surface area (Å²) in [4.78, 5) is 24.1. The number of hydrogen-bond donors (Lipinski definition) is 2. The van der Waals surface area contributed by atoms with Crippen LogP contribution in [0.4, 0.5) is 4.79 Å². The third kappa shape index (κ3) is 3.47. The molecule has 1 aliphatic heterocycles. The molecule has 0 unspecified atom stereocenters. The zero-order valence-electron chi connectivity index (χ0n) is 13.4. The third-order valence-electron chi connectivity index (χ3n) is 3.55. The first-order chi connectivity index (χ1) is 10.4. The van der Waals surface area contributed by atoms with Crippen molar-refractivity contribution in [2.45, 2.75) is 46.3 Å². The van der Waals surface area contributed by atoms with Crippen molar-refractivity contribution >= 4 is 12.0 Å². The SMILES string of the molecule is CCc1ccc([C@@H]2NC(=O)NC(C)=C2C(=O)OC(C)C)cc1. The maximum absolute atomic E-state index is 12.4. The van der Waals surface area contributed by atoms with Gasteiger partial charge in [0, 0.05) is 5.70 Å². The molecule has 2 amide bonds. The van der Waals surface area contributed by atoms with Gasteiger partial charge in [-0.2, -0.15) is 0 Å². The molecule has 5 nitrogen and oxygen atoms in total. The summed E-state index contributed by atoms with van der Waals surface area (Å²) in [5.41, 5.74) is 3.04. The number of nitrogens with one attached hydrogen (secondary N) is 2. The van der Waals surface area contributed by atoms with Crippen molar-refractivity contribution in [3.8, 4) is 0 Å². The fourth-order valence-electron chi connectivity index (χ4n) is 2.44. The molecule has 118 valence electrons. The summed E-state index contributed by atoms with van der Waals surface area (Å²) < 4.78 is 5.30. The Kier molecular flexibility index (Phi) is 4.85. The molecule has 0 saturated carbocycles. The highest BCUT2D eigenvalue weighted by Crippen LogP contribution is 2.28. The van der Waals surface area contributed by atoms with Gasteiger partial charge >= 0.3 is 12.0 Å². The maximum atomic E-state index is 12.4. The number of aryl methyl sites for hydroxylation is 1. The minimum absolute atomic E-state index is 0.214. The molecule has 2 rings (SSSR count). The molecule has 0 aromatic heterocycles. The van der Waals surface area contributed by atoms with Crippen molar-refractivity contribution in [2.24, 2.45) is 0 Å². The average molecular weight is 302 g/mol. The molecular weight excluding hydrogens is 280 g/mol. The number of hydrogen-bond acceptors (Lipinski definition) is 3. The summed E-state index contributed by atoms with van der Waals surface area (Å²) in [7, 11) is 0. The minimum atomic E-state index is -0.495. The van der Waals surface area contributed by atoms with Crippen molar-refractivity contribution in [2.75, 3.05) is 0 Å². The first-order valence-electron chi connectivity index (χ1n) is 7.50. The van der Waals surface area contributed by atoms with Crippen LogP contribution in [0.2, 0.25) is 0 Å². The van der Waals surface area contributed by atoms with E-state index in [9.17, 15) is 9.59 Å². The van der Waals surface area contributed by atoms with E-state index in [0.29, 0.717) is 11.3 Å². The van der Waals surface area contributed by atoms with Gasteiger partial charge in [0.2, 0.25) is 0 Å². The highest BCUT2D eigenvalue weighted by Gasteiger charge is 2.32. The van der Waals surface area contributed by atoms with Gasteiger partial charge in [-0.15, -0.1) is 0 Å². The van der Waals surface area contributed by atoms with Crippen LogP contribution in [0.1, 0.15) is 44.9 Å². The lowest BCUT2D eigenvalue weighted by Crippen LogP contribution is -2.45. The smallest absolute Gasteiger partial charge is 0.338 e. The van der Waals surface area contributed by atoms with Gasteiger partial charge in [0.1, 0.15) is 0 Å². The van der Waals surface area contributed by atoms with Crippen molar-refractivity contribution in [1.29, 1.82) is 0 Å². The molecule has 1 heterocycles. The van der Waals surface area contributed by atoms with E-state index in [4.69, 9.17) is 4.74 Å². The summed E-state index contributed by atoms with van der Waals surface area (Å²) in [6, 6.07) is 7.07. The summed E-state index contributed by atoms with van der Waals surface area (Å²) in [6.07, 6.45) is 0.726. The second-order valence-corrected chi connectivity index (χ2v) is 5.62. The maximum Gasteiger partial charge on any atom is 0.338 e. The third-order valence-corrected chi connectivity index (χ3v) is 3.55. The van der Waals surface area contributed by atoms with Crippen LogP contribution in [0.25, 0.3) is 0 Å². The summed E-state index contributed by atoms with van der Waals surface area (Å²) in [6.45, 7) is 7.39. The van der Waals surface area contributed by atoms with E-state index >= 15 is 0 Å². The van der Waals surface area contributed by atoms with Crippen LogP contribution in [-0.4, -0.2) is 18.1 Å². The highest BCUT2D eigenvalue weighted by molar-refractivity contribution is 5.95. The van der Waals surface area contributed by atoms with E-state index < -0.39 is 12.0 Å². The van der Waals surface area contributed by atoms with Gasteiger partial charge in [-0.05, 0) is 38.3 Å². The normalized spacial score (nSPS) is 18.0. The Morgan fingerprint density at radius 1 is 1.27 bits per heavy atom. The first-order valence-corrected chi connectivity index (χ1v) is 7.50. The number of carbonyl (C=O) groups excluding carboxylic acids is 2. The zero-order valence-corrected chi connectivity index (χ0v) is 13.4. The largest absolute Gasteiger partial charge is 0.459 e. The van der Waals surface area contributed by atoms with E-state index in [1.54, 1.807) is 20.8 Å². The average Bonchev–Trinajstić information content (AvgIpc) is 2.45. The number of benzene rings is 1. The number of carbonyl (C=O) groups is 2. The lowest BCUT2D eigenvalue weighted by Gasteiger charge is -2.28. The Hall–Kier alpha value is -2.30. The molecule has 1 aromatic carbocycles. The van der Waals surface area contributed by atoms with Crippen molar-refractivity contribution in [3.63, 3.8) is 0 Å². The van der Waals surface area contributed by atoms with Gasteiger partial charge in [0.25, 0.3) is 0 Å². The fourth-order valence-corrected chi connectivity index (χ4v) is 2.44. The second kappa shape index (κ2) is 6.64. The number of rotatable bonds is 4. The molecule has 0 bridgehead atoms. The molecule has 1 atom stereocenters. The molecule has 1 aliphatic rings. The quantitative estimate of drug-likeness (QED) is 0.840. The number of urea groups is 1. The predicted octanol–water partition coefficient (Wildman–Crippen LogP) is 2.83. The van der Waals surface area contributed by atoms with Gasteiger partial charge in [-0.3, -0.25) is 0 Å². The minimum Gasteiger partial charge on any atom is -0.459 e. The lowest BCUT2D eigenvalue weighted by molar-refractivity contribution is -0.143. The lowest BCUT2D eigenvalue weighted by atomic mass is 9.94. The molecule has 0 saturated heterocycles. The van der Waals surface area contributed by atoms with E-state index in [2.05, 4.69) is 17.6 Å². The molecule has 0 fully saturated rings. The first kappa shape index (κ1) is 16.1. The second-order valence-electron chi connectivity index (χ2n) is 5.62. The Morgan fingerprint density at radius 2 is 1.91 bits per heavy atom.